The van der Waals surface area contributed by atoms with Crippen molar-refractivity contribution < 1.29 is 5.11 Å². The molecule has 2 nitrogen and oxygen atoms in total. The number of nitrogens with zero attached hydrogens (tertiary/aromatic N) is 1. The van der Waals surface area contributed by atoms with Gasteiger partial charge in [0.05, 0.1) is 6.10 Å². The van der Waals surface area contributed by atoms with Crippen molar-refractivity contribution in [1.82, 2.24) is 4.98 Å². The highest BCUT2D eigenvalue weighted by Gasteiger charge is 2.08. The van der Waals surface area contributed by atoms with Crippen LogP contribution >= 0.6 is 11.8 Å². The van der Waals surface area contributed by atoms with Crippen molar-refractivity contribution in [1.29, 1.82) is 0 Å². The third-order valence-electron chi connectivity index (χ3n) is 2.32. The van der Waals surface area contributed by atoms with Gasteiger partial charge < -0.3 is 5.11 Å². The van der Waals surface area contributed by atoms with E-state index in [4.69, 9.17) is 0 Å². The lowest BCUT2D eigenvalue weighted by atomic mass is 10.2. The van der Waals surface area contributed by atoms with Crippen LogP contribution < -0.4 is 0 Å². The van der Waals surface area contributed by atoms with Crippen molar-refractivity contribution in [2.24, 2.45) is 0 Å². The fourth-order valence-corrected chi connectivity index (χ4v) is 2.12. The summed E-state index contributed by atoms with van der Waals surface area (Å²) in [6.45, 7) is 4.36. The van der Waals surface area contributed by atoms with Crippen molar-refractivity contribution in [3.8, 4) is 0 Å². The molecule has 0 aliphatic heterocycles. The summed E-state index contributed by atoms with van der Waals surface area (Å²) in [7, 11) is 0. The van der Waals surface area contributed by atoms with Gasteiger partial charge in [0, 0.05) is 29.3 Å². The normalized spacial score (nSPS) is 14.9. The van der Waals surface area contributed by atoms with Crippen LogP contribution in [0.4, 0.5) is 0 Å². The summed E-state index contributed by atoms with van der Waals surface area (Å²) in [6, 6.07) is 5.80. The molecule has 0 fully saturated rings. The molecule has 84 valence electrons. The lowest BCUT2D eigenvalue weighted by Gasteiger charge is -2.12. The smallest absolute Gasteiger partial charge is 0.0686 e. The predicted octanol–water partition coefficient (Wildman–Crippen LogP) is 2.52. The minimum absolute atomic E-state index is 0.279. The summed E-state index contributed by atoms with van der Waals surface area (Å²) in [5.41, 5.74) is 0.967. The van der Waals surface area contributed by atoms with Gasteiger partial charge in [-0.2, -0.15) is 11.8 Å². The molecule has 1 rings (SSSR count). The van der Waals surface area contributed by atoms with E-state index in [1.807, 2.05) is 30.0 Å². The zero-order valence-corrected chi connectivity index (χ0v) is 10.2. The number of pyridine rings is 1. The summed E-state index contributed by atoms with van der Waals surface area (Å²) in [5, 5.41) is 10.4. The fourth-order valence-electron chi connectivity index (χ4n) is 1.21. The Kier molecular flexibility index (Phi) is 5.73. The van der Waals surface area contributed by atoms with Gasteiger partial charge in [0.1, 0.15) is 0 Å². The van der Waals surface area contributed by atoms with Gasteiger partial charge in [-0.3, -0.25) is 4.98 Å². The zero-order valence-electron chi connectivity index (χ0n) is 9.39. The first-order chi connectivity index (χ1) is 7.22. The molecule has 0 radical (unpaired) electrons. The van der Waals surface area contributed by atoms with Gasteiger partial charge in [-0.05, 0) is 18.6 Å². The second-order valence-electron chi connectivity index (χ2n) is 3.73. The van der Waals surface area contributed by atoms with Gasteiger partial charge in [-0.1, -0.05) is 19.9 Å². The molecule has 0 aliphatic rings. The lowest BCUT2D eigenvalue weighted by Crippen LogP contribution is -2.16. The fraction of sp³-hybridized carbons (Fsp3) is 0.583. The first-order valence-electron chi connectivity index (χ1n) is 5.42. The van der Waals surface area contributed by atoms with Crippen molar-refractivity contribution in [3.05, 3.63) is 30.1 Å². The van der Waals surface area contributed by atoms with Gasteiger partial charge in [-0.15, -0.1) is 0 Å². The second-order valence-corrected chi connectivity index (χ2v) is 5.20. The first kappa shape index (κ1) is 12.5. The van der Waals surface area contributed by atoms with Gasteiger partial charge in [0.2, 0.25) is 0 Å². The number of aliphatic hydroxyl groups excluding tert-OH is 1. The van der Waals surface area contributed by atoms with Crippen molar-refractivity contribution in [2.75, 3.05) is 5.75 Å². The Morgan fingerprint density at radius 2 is 2.27 bits per heavy atom. The van der Waals surface area contributed by atoms with Crippen LogP contribution in [-0.2, 0) is 6.42 Å². The van der Waals surface area contributed by atoms with Crippen LogP contribution in [0.5, 0.6) is 0 Å². The molecule has 1 aromatic rings. The molecule has 2 atom stereocenters. The van der Waals surface area contributed by atoms with E-state index in [0.29, 0.717) is 11.7 Å². The second kappa shape index (κ2) is 6.85. The topological polar surface area (TPSA) is 33.1 Å². The van der Waals surface area contributed by atoms with Gasteiger partial charge in [-0.25, -0.2) is 0 Å². The molecule has 0 bridgehead atoms. The number of hydrogen-bond donors (Lipinski definition) is 1. The highest BCUT2D eigenvalue weighted by molar-refractivity contribution is 7.99. The first-order valence-corrected chi connectivity index (χ1v) is 6.46. The molecule has 0 amide bonds. The summed E-state index contributed by atoms with van der Waals surface area (Å²) < 4.78 is 0. The van der Waals surface area contributed by atoms with Gasteiger partial charge >= 0.3 is 0 Å². The maximum absolute atomic E-state index is 9.79. The molecule has 1 heterocycles. The molecule has 0 aromatic carbocycles. The molecular weight excluding hydrogens is 206 g/mol. The summed E-state index contributed by atoms with van der Waals surface area (Å²) in [4.78, 5) is 4.20. The van der Waals surface area contributed by atoms with E-state index in [9.17, 15) is 5.11 Å². The van der Waals surface area contributed by atoms with Crippen molar-refractivity contribution in [2.45, 2.75) is 38.0 Å². The Labute approximate surface area is 96.1 Å². The molecule has 3 heteroatoms. The Bertz CT molecular complexity index is 266. The Morgan fingerprint density at radius 3 is 2.87 bits per heavy atom. The summed E-state index contributed by atoms with van der Waals surface area (Å²) in [6.07, 6.45) is 3.30. The standard InChI is InChI=1S/C12H19NOS/c1-3-10(2)15-9-12(14)8-11-6-4-5-7-13-11/h4-7,10,12,14H,3,8-9H2,1-2H3. The van der Waals surface area contributed by atoms with Crippen molar-refractivity contribution >= 4 is 11.8 Å². The molecule has 0 spiro atoms. The molecular formula is C12H19NOS. The van der Waals surface area contributed by atoms with Crippen LogP contribution in [0.2, 0.25) is 0 Å². The zero-order chi connectivity index (χ0) is 11.1. The van der Waals surface area contributed by atoms with E-state index >= 15 is 0 Å². The van der Waals surface area contributed by atoms with Crippen LogP contribution in [0.25, 0.3) is 0 Å². The van der Waals surface area contributed by atoms with Crippen LogP contribution in [0.3, 0.4) is 0 Å². The average Bonchev–Trinajstić information content (AvgIpc) is 2.27. The molecule has 2 unspecified atom stereocenters. The largest absolute Gasteiger partial charge is 0.392 e. The molecule has 1 N–H and O–H groups in total. The Morgan fingerprint density at radius 1 is 1.47 bits per heavy atom. The number of rotatable bonds is 6. The van der Waals surface area contributed by atoms with E-state index < -0.39 is 0 Å². The predicted molar refractivity (Wildman–Crippen MR) is 66.2 cm³/mol. The maximum atomic E-state index is 9.79. The third-order valence-corrected chi connectivity index (χ3v) is 3.80. The van der Waals surface area contributed by atoms with E-state index in [-0.39, 0.29) is 6.10 Å². The summed E-state index contributed by atoms with van der Waals surface area (Å²) >= 11 is 1.83. The highest BCUT2D eigenvalue weighted by Crippen LogP contribution is 2.15. The third kappa shape index (κ3) is 5.19. The lowest BCUT2D eigenvalue weighted by molar-refractivity contribution is 0.199. The minimum atomic E-state index is -0.279. The molecule has 0 aliphatic carbocycles. The number of aromatic nitrogens is 1. The Hall–Kier alpha value is -0.540. The highest BCUT2D eigenvalue weighted by atomic mass is 32.2. The number of aliphatic hydroxyl groups is 1. The van der Waals surface area contributed by atoms with Crippen LogP contribution in [0, 0.1) is 0 Å². The van der Waals surface area contributed by atoms with E-state index in [1.54, 1.807) is 6.20 Å². The van der Waals surface area contributed by atoms with Crippen molar-refractivity contribution in [3.63, 3.8) is 0 Å². The van der Waals surface area contributed by atoms with Gasteiger partial charge in [0.25, 0.3) is 0 Å². The number of thioether (sulfide) groups is 1. The quantitative estimate of drug-likeness (QED) is 0.807. The van der Waals surface area contributed by atoms with Gasteiger partial charge in [0.15, 0.2) is 0 Å². The monoisotopic (exact) mass is 225 g/mol. The maximum Gasteiger partial charge on any atom is 0.0686 e. The molecule has 0 saturated heterocycles. The van der Waals surface area contributed by atoms with Crippen LogP contribution in [0.15, 0.2) is 24.4 Å². The Balaban J connectivity index is 2.27. The average molecular weight is 225 g/mol. The van der Waals surface area contributed by atoms with E-state index in [1.165, 1.54) is 0 Å². The number of hydrogen-bond acceptors (Lipinski definition) is 3. The van der Waals surface area contributed by atoms with Crippen LogP contribution in [0.1, 0.15) is 26.0 Å². The molecule has 1 aromatic heterocycles. The minimum Gasteiger partial charge on any atom is -0.392 e. The SMILES string of the molecule is CCC(C)SCC(O)Cc1ccccn1. The van der Waals surface area contributed by atoms with Crippen LogP contribution in [-0.4, -0.2) is 27.2 Å². The van der Waals surface area contributed by atoms with E-state index in [0.717, 1.165) is 17.9 Å². The molecule has 15 heavy (non-hydrogen) atoms. The molecule has 0 saturated carbocycles. The summed E-state index contributed by atoms with van der Waals surface area (Å²) in [5.74, 6) is 0.797. The van der Waals surface area contributed by atoms with E-state index in [2.05, 4.69) is 18.8 Å².